The van der Waals surface area contributed by atoms with E-state index < -0.39 is 11.8 Å². The van der Waals surface area contributed by atoms with Gasteiger partial charge >= 0.3 is 0 Å². The first-order chi connectivity index (χ1) is 11.9. The Bertz CT molecular complexity index is 776. The second kappa shape index (κ2) is 6.70. The lowest BCUT2D eigenvalue weighted by Gasteiger charge is -2.28. The van der Waals surface area contributed by atoms with E-state index in [0.717, 1.165) is 6.29 Å². The molecule has 6 nitrogen and oxygen atoms in total. The topological polar surface area (TPSA) is 76.9 Å². The lowest BCUT2D eigenvalue weighted by Crippen LogP contribution is -2.41. The molecular formula is C17H18F2N4O2. The maximum atomic E-state index is 13.2. The molecule has 0 bridgehead atoms. The number of carbonyl (C=O) groups excluding carboxylic acids is 2. The number of aldehydes is 1. The monoisotopic (exact) mass is 348 g/mol. The van der Waals surface area contributed by atoms with Crippen molar-refractivity contribution < 1.29 is 18.4 Å². The maximum absolute atomic E-state index is 13.2. The zero-order valence-electron chi connectivity index (χ0n) is 13.7. The van der Waals surface area contributed by atoms with E-state index in [2.05, 4.69) is 15.4 Å². The summed E-state index contributed by atoms with van der Waals surface area (Å²) in [6, 6.07) is 6.40. The maximum Gasteiger partial charge on any atom is 0.289 e. The van der Waals surface area contributed by atoms with Gasteiger partial charge in [0.05, 0.1) is 0 Å². The van der Waals surface area contributed by atoms with E-state index in [1.807, 2.05) is 0 Å². The molecule has 1 fully saturated rings. The van der Waals surface area contributed by atoms with Crippen molar-refractivity contribution >= 4 is 12.2 Å². The number of nitrogens with zero attached hydrogens (tertiary/aromatic N) is 3. The highest BCUT2D eigenvalue weighted by Crippen LogP contribution is 2.33. The van der Waals surface area contributed by atoms with Gasteiger partial charge in [0.25, 0.3) is 5.91 Å². The van der Waals surface area contributed by atoms with Crippen molar-refractivity contribution in [3.05, 3.63) is 35.7 Å². The molecule has 1 N–H and O–H groups in total. The van der Waals surface area contributed by atoms with Gasteiger partial charge in [0.2, 0.25) is 11.7 Å². The molecular weight excluding hydrogens is 330 g/mol. The molecule has 0 saturated heterocycles. The quantitative estimate of drug-likeness (QED) is 0.862. The number of carbonyl (C=O) groups is 2. The lowest BCUT2D eigenvalue weighted by molar-refractivity contribution is -0.0399. The second-order valence-electron chi connectivity index (χ2n) is 6.23. The van der Waals surface area contributed by atoms with Gasteiger partial charge in [-0.25, -0.2) is 18.4 Å². The molecule has 1 aliphatic rings. The number of aromatic nitrogens is 3. The third-order valence-corrected chi connectivity index (χ3v) is 4.32. The first-order valence-corrected chi connectivity index (χ1v) is 8.03. The van der Waals surface area contributed by atoms with Gasteiger partial charge in [0, 0.05) is 37.1 Å². The van der Waals surface area contributed by atoms with Crippen LogP contribution in [0.25, 0.3) is 11.4 Å². The van der Waals surface area contributed by atoms with Crippen LogP contribution in [0.15, 0.2) is 24.3 Å². The zero-order chi connectivity index (χ0) is 18.0. The first kappa shape index (κ1) is 17.2. The lowest BCUT2D eigenvalue weighted by atomic mass is 9.92. The van der Waals surface area contributed by atoms with Crippen LogP contribution >= 0.6 is 0 Å². The van der Waals surface area contributed by atoms with Crippen LogP contribution in [-0.4, -0.2) is 38.9 Å². The summed E-state index contributed by atoms with van der Waals surface area (Å²) < 4.78 is 27.7. The highest BCUT2D eigenvalue weighted by Gasteiger charge is 2.35. The van der Waals surface area contributed by atoms with Crippen LogP contribution in [0.3, 0.4) is 0 Å². The number of rotatable bonds is 4. The fourth-order valence-corrected chi connectivity index (χ4v) is 2.85. The molecule has 25 heavy (non-hydrogen) atoms. The van der Waals surface area contributed by atoms with Crippen molar-refractivity contribution in [1.29, 1.82) is 0 Å². The minimum Gasteiger partial charge on any atom is -0.347 e. The number of aryl methyl sites for hydroxylation is 1. The molecule has 8 heteroatoms. The molecule has 1 amide bonds. The Morgan fingerprint density at radius 1 is 1.28 bits per heavy atom. The molecule has 0 aliphatic heterocycles. The summed E-state index contributed by atoms with van der Waals surface area (Å²) in [5, 5.41) is 6.96. The van der Waals surface area contributed by atoms with Crippen LogP contribution < -0.4 is 5.32 Å². The molecule has 132 valence electrons. The predicted molar refractivity (Wildman–Crippen MR) is 86.5 cm³/mol. The Morgan fingerprint density at radius 3 is 2.52 bits per heavy atom. The van der Waals surface area contributed by atoms with Crippen LogP contribution in [0, 0.1) is 0 Å². The van der Waals surface area contributed by atoms with Crippen LogP contribution in [0.2, 0.25) is 0 Å². The third-order valence-electron chi connectivity index (χ3n) is 4.32. The van der Waals surface area contributed by atoms with Crippen molar-refractivity contribution in [1.82, 2.24) is 20.1 Å². The normalized spacial score (nSPS) is 17.2. The summed E-state index contributed by atoms with van der Waals surface area (Å²) in [7, 11) is 1.60. The van der Waals surface area contributed by atoms with E-state index in [1.54, 1.807) is 31.3 Å². The number of alkyl halides is 2. The van der Waals surface area contributed by atoms with E-state index in [1.165, 1.54) is 4.68 Å². The average molecular weight is 348 g/mol. The molecule has 1 aliphatic carbocycles. The highest BCUT2D eigenvalue weighted by atomic mass is 19.3. The van der Waals surface area contributed by atoms with E-state index in [-0.39, 0.29) is 37.5 Å². The average Bonchev–Trinajstić information content (AvgIpc) is 2.99. The van der Waals surface area contributed by atoms with E-state index >= 15 is 0 Å². The summed E-state index contributed by atoms with van der Waals surface area (Å²) >= 11 is 0. The number of hydrogen-bond acceptors (Lipinski definition) is 4. The number of halogens is 2. The van der Waals surface area contributed by atoms with Crippen molar-refractivity contribution in [3.8, 4) is 11.4 Å². The van der Waals surface area contributed by atoms with Gasteiger partial charge in [-0.2, -0.15) is 5.10 Å². The van der Waals surface area contributed by atoms with Gasteiger partial charge in [0.15, 0.2) is 5.82 Å². The molecule has 1 aromatic heterocycles. The molecule has 0 spiro atoms. The SMILES string of the molecule is Cn1nc(-c2ccc(C=O)cc2)nc1C(=O)NC1CCC(F)(F)CC1. The number of hydrogen-bond donors (Lipinski definition) is 1. The Hall–Kier alpha value is -2.64. The fraction of sp³-hybridized carbons (Fsp3) is 0.412. The van der Waals surface area contributed by atoms with Crippen LogP contribution in [0.4, 0.5) is 8.78 Å². The Labute approximate surface area is 143 Å². The molecule has 0 unspecified atom stereocenters. The van der Waals surface area contributed by atoms with E-state index in [9.17, 15) is 18.4 Å². The number of amides is 1. The summed E-state index contributed by atoms with van der Waals surface area (Å²) in [6.45, 7) is 0. The zero-order valence-corrected chi connectivity index (χ0v) is 13.7. The van der Waals surface area contributed by atoms with Gasteiger partial charge in [0.1, 0.15) is 6.29 Å². The first-order valence-electron chi connectivity index (χ1n) is 8.03. The van der Waals surface area contributed by atoms with Crippen molar-refractivity contribution in [2.24, 2.45) is 7.05 Å². The van der Waals surface area contributed by atoms with Crippen LogP contribution in [0.1, 0.15) is 46.7 Å². The predicted octanol–water partition coefficient (Wildman–Crippen LogP) is 2.60. The van der Waals surface area contributed by atoms with Gasteiger partial charge in [-0.1, -0.05) is 24.3 Å². The standard InChI is InChI=1S/C17H18F2N4O2/c1-23-15(16(25)20-13-6-8-17(18,19)9-7-13)21-14(22-23)12-4-2-11(10-24)3-5-12/h2-5,10,13H,6-9H2,1H3,(H,20,25). The molecule has 2 aromatic rings. The van der Waals surface area contributed by atoms with Gasteiger partial charge in [-0.15, -0.1) is 0 Å². The molecule has 3 rings (SSSR count). The summed E-state index contributed by atoms with van der Waals surface area (Å²) in [5.41, 5.74) is 1.21. The summed E-state index contributed by atoms with van der Waals surface area (Å²) in [6.07, 6.45) is 0.797. The molecule has 0 radical (unpaired) electrons. The minimum absolute atomic E-state index is 0.117. The Morgan fingerprint density at radius 2 is 1.92 bits per heavy atom. The summed E-state index contributed by atoms with van der Waals surface area (Å²) in [4.78, 5) is 27.3. The highest BCUT2D eigenvalue weighted by molar-refractivity contribution is 5.91. The van der Waals surface area contributed by atoms with Gasteiger partial charge in [-0.3, -0.25) is 9.59 Å². The van der Waals surface area contributed by atoms with Crippen molar-refractivity contribution in [2.45, 2.75) is 37.6 Å². The van der Waals surface area contributed by atoms with Gasteiger partial charge in [-0.05, 0) is 12.8 Å². The molecule has 0 atom stereocenters. The third kappa shape index (κ3) is 3.89. The van der Waals surface area contributed by atoms with Crippen LogP contribution in [-0.2, 0) is 7.05 Å². The Kier molecular flexibility index (Phi) is 4.61. The number of benzene rings is 1. The smallest absolute Gasteiger partial charge is 0.289 e. The Balaban J connectivity index is 1.71. The molecule has 1 aromatic carbocycles. The van der Waals surface area contributed by atoms with E-state index in [0.29, 0.717) is 17.0 Å². The largest absolute Gasteiger partial charge is 0.347 e. The molecule has 1 saturated carbocycles. The fourth-order valence-electron chi connectivity index (χ4n) is 2.85. The molecule has 1 heterocycles. The summed E-state index contributed by atoms with van der Waals surface area (Å²) in [5.74, 6) is -2.58. The van der Waals surface area contributed by atoms with E-state index in [4.69, 9.17) is 0 Å². The van der Waals surface area contributed by atoms with Crippen molar-refractivity contribution in [2.75, 3.05) is 0 Å². The number of nitrogens with one attached hydrogen (secondary N) is 1. The minimum atomic E-state index is -2.63. The van der Waals surface area contributed by atoms with Gasteiger partial charge < -0.3 is 5.32 Å². The second-order valence-corrected chi connectivity index (χ2v) is 6.23. The van der Waals surface area contributed by atoms with Crippen LogP contribution in [0.5, 0.6) is 0 Å². The van der Waals surface area contributed by atoms with Crippen molar-refractivity contribution in [3.63, 3.8) is 0 Å².